The maximum Gasteiger partial charge on any atom is 0.282 e. The van der Waals surface area contributed by atoms with Gasteiger partial charge in [0.05, 0.1) is 21.3 Å². The number of alkyl halides is 2. The average Bonchev–Trinajstić information content (AvgIpc) is 3.13. The van der Waals surface area contributed by atoms with E-state index in [1.54, 1.807) is 6.92 Å². The summed E-state index contributed by atoms with van der Waals surface area (Å²) in [6, 6.07) is 1.45. The summed E-state index contributed by atoms with van der Waals surface area (Å²) in [6.45, 7) is 5.87. The van der Waals surface area contributed by atoms with Crippen molar-refractivity contribution in [3.05, 3.63) is 39.1 Å². The van der Waals surface area contributed by atoms with Crippen LogP contribution in [0.25, 0.3) is 0 Å². The molecule has 1 aliphatic rings. The first kappa shape index (κ1) is 18.9. The van der Waals surface area contributed by atoms with Crippen LogP contribution in [-0.4, -0.2) is 21.3 Å². The van der Waals surface area contributed by atoms with Crippen LogP contribution >= 0.6 is 23.2 Å². The second kappa shape index (κ2) is 6.70. The Kier molecular flexibility index (Phi) is 4.88. The van der Waals surface area contributed by atoms with Gasteiger partial charge < -0.3 is 10.1 Å². The average molecular weight is 404 g/mol. The van der Waals surface area contributed by atoms with Crippen LogP contribution in [0.15, 0.2) is 12.3 Å². The summed E-state index contributed by atoms with van der Waals surface area (Å²) in [5.74, 6) is -0.312. The molecule has 0 unspecified atom stereocenters. The maximum absolute atomic E-state index is 13.2. The van der Waals surface area contributed by atoms with E-state index in [2.05, 4.69) is 10.4 Å². The molecule has 5 nitrogen and oxygen atoms in total. The monoisotopic (exact) mass is 403 g/mol. The molecule has 0 atom stereocenters. The van der Waals surface area contributed by atoms with Gasteiger partial charge in [0.25, 0.3) is 12.3 Å². The molecule has 0 aliphatic carbocycles. The molecule has 0 saturated carbocycles. The molecule has 26 heavy (non-hydrogen) atoms. The minimum Gasteiger partial charge on any atom is -0.485 e. The lowest BCUT2D eigenvalue weighted by Crippen LogP contribution is -2.25. The van der Waals surface area contributed by atoms with Gasteiger partial charge in [-0.15, -0.1) is 0 Å². The molecule has 9 heteroatoms. The molecule has 1 aromatic heterocycles. The Morgan fingerprint density at radius 2 is 2.15 bits per heavy atom. The highest BCUT2D eigenvalue weighted by atomic mass is 35.5. The third-order valence-electron chi connectivity index (χ3n) is 4.06. The smallest absolute Gasteiger partial charge is 0.282 e. The van der Waals surface area contributed by atoms with E-state index in [0.29, 0.717) is 29.3 Å². The number of aromatic nitrogens is 2. The minimum atomic E-state index is -2.86. The summed E-state index contributed by atoms with van der Waals surface area (Å²) >= 11 is 12.4. The summed E-state index contributed by atoms with van der Waals surface area (Å²) in [5, 5.41) is 6.96. The molecule has 2 heterocycles. The second-order valence-corrected chi connectivity index (χ2v) is 7.39. The van der Waals surface area contributed by atoms with E-state index in [1.807, 2.05) is 13.8 Å². The van der Waals surface area contributed by atoms with Crippen molar-refractivity contribution >= 4 is 34.8 Å². The van der Waals surface area contributed by atoms with Gasteiger partial charge in [-0.1, -0.05) is 23.2 Å². The van der Waals surface area contributed by atoms with Gasteiger partial charge in [-0.3, -0.25) is 9.48 Å². The number of halogens is 4. The number of rotatable bonds is 4. The molecule has 0 radical (unpaired) electrons. The molecule has 3 rings (SSSR count). The second-order valence-electron chi connectivity index (χ2n) is 6.60. The standard InChI is InChI=1S/C17H17Cl2F2N3O2/c1-4-24-7-9(13(23-24)15(20)21)16(25)22-11-5-10(18)12(19)8-6-17(2,3)26-14(8)11/h5,7,15H,4,6H2,1-3H3,(H,22,25). The van der Waals surface area contributed by atoms with Crippen LogP contribution in [0.4, 0.5) is 14.5 Å². The first-order chi connectivity index (χ1) is 12.1. The zero-order chi connectivity index (χ0) is 19.2. The lowest BCUT2D eigenvalue weighted by molar-refractivity contribution is 0.100. The van der Waals surface area contributed by atoms with Crippen molar-refractivity contribution in [2.24, 2.45) is 0 Å². The number of hydrogen-bond donors (Lipinski definition) is 1. The third-order valence-corrected chi connectivity index (χ3v) is 4.89. The molecule has 2 aromatic rings. The van der Waals surface area contributed by atoms with E-state index >= 15 is 0 Å². The van der Waals surface area contributed by atoms with Crippen molar-refractivity contribution in [3.8, 4) is 5.75 Å². The van der Waals surface area contributed by atoms with Crippen molar-refractivity contribution in [1.82, 2.24) is 9.78 Å². The third kappa shape index (κ3) is 3.38. The Bertz CT molecular complexity index is 881. The molecule has 1 N–H and O–H groups in total. The van der Waals surface area contributed by atoms with Crippen LogP contribution in [0, 0.1) is 0 Å². The molecule has 1 aromatic carbocycles. The maximum atomic E-state index is 13.2. The van der Waals surface area contributed by atoms with E-state index in [9.17, 15) is 13.6 Å². The Morgan fingerprint density at radius 1 is 1.46 bits per heavy atom. The quantitative estimate of drug-likeness (QED) is 0.770. The summed E-state index contributed by atoms with van der Waals surface area (Å²) in [7, 11) is 0. The fourth-order valence-corrected chi connectivity index (χ4v) is 3.32. The highest BCUT2D eigenvalue weighted by molar-refractivity contribution is 6.43. The minimum absolute atomic E-state index is 0.195. The van der Waals surface area contributed by atoms with Gasteiger partial charge in [0, 0.05) is 24.7 Å². The molecule has 1 amide bonds. The highest BCUT2D eigenvalue weighted by Gasteiger charge is 2.35. The highest BCUT2D eigenvalue weighted by Crippen LogP contribution is 2.47. The van der Waals surface area contributed by atoms with Crippen molar-refractivity contribution in [2.45, 2.75) is 45.8 Å². The number of fused-ring (bicyclic) bond motifs is 1. The summed E-state index contributed by atoms with van der Waals surface area (Å²) in [4.78, 5) is 12.6. The fraction of sp³-hybridized carbons (Fsp3) is 0.412. The lowest BCUT2D eigenvalue weighted by Gasteiger charge is -2.18. The van der Waals surface area contributed by atoms with Crippen LogP contribution in [0.5, 0.6) is 5.75 Å². The van der Waals surface area contributed by atoms with Crippen LogP contribution in [-0.2, 0) is 13.0 Å². The number of carbonyl (C=O) groups is 1. The van der Waals surface area contributed by atoms with Gasteiger partial charge in [0.15, 0.2) is 0 Å². The molecule has 140 valence electrons. The van der Waals surface area contributed by atoms with Gasteiger partial charge in [0.2, 0.25) is 0 Å². The van der Waals surface area contributed by atoms with Gasteiger partial charge in [-0.2, -0.15) is 5.10 Å². The Hall–Kier alpha value is -1.86. The van der Waals surface area contributed by atoms with E-state index < -0.39 is 23.6 Å². The van der Waals surface area contributed by atoms with Crippen LogP contribution in [0.1, 0.15) is 48.8 Å². The Balaban J connectivity index is 1.99. The van der Waals surface area contributed by atoms with Crippen LogP contribution in [0.2, 0.25) is 10.0 Å². The predicted octanol–water partition coefficient (Wildman–Crippen LogP) is 5.11. The first-order valence-electron chi connectivity index (χ1n) is 7.99. The summed E-state index contributed by atoms with van der Waals surface area (Å²) in [5.41, 5.74) is -0.314. The van der Waals surface area contributed by atoms with E-state index in [0.717, 1.165) is 0 Å². The number of anilines is 1. The number of nitrogens with zero attached hydrogens (tertiary/aromatic N) is 2. The molecular weight excluding hydrogens is 387 g/mol. The molecule has 0 fully saturated rings. The van der Waals surface area contributed by atoms with Crippen LogP contribution in [0.3, 0.4) is 0 Å². The predicted molar refractivity (Wildman–Crippen MR) is 95.7 cm³/mol. The number of hydrogen-bond acceptors (Lipinski definition) is 3. The molecule has 0 bridgehead atoms. The molecule has 0 spiro atoms. The van der Waals surface area contributed by atoms with Crippen molar-refractivity contribution in [3.63, 3.8) is 0 Å². The van der Waals surface area contributed by atoms with E-state index in [1.165, 1.54) is 16.9 Å². The lowest BCUT2D eigenvalue weighted by atomic mass is 10.0. The summed E-state index contributed by atoms with van der Waals surface area (Å²) < 4.78 is 33.6. The Labute approximate surface area is 159 Å². The fourth-order valence-electron chi connectivity index (χ4n) is 2.89. The van der Waals surface area contributed by atoms with Gasteiger partial charge >= 0.3 is 0 Å². The topological polar surface area (TPSA) is 56.2 Å². The summed E-state index contributed by atoms with van der Waals surface area (Å²) in [6.07, 6.45) is -1.06. The van der Waals surface area contributed by atoms with Crippen molar-refractivity contribution in [1.29, 1.82) is 0 Å². The van der Waals surface area contributed by atoms with E-state index in [4.69, 9.17) is 27.9 Å². The molecule has 0 saturated heterocycles. The zero-order valence-electron chi connectivity index (χ0n) is 14.4. The number of benzene rings is 1. The van der Waals surface area contributed by atoms with Gasteiger partial charge in [-0.25, -0.2) is 8.78 Å². The normalized spacial score (nSPS) is 15.1. The first-order valence-corrected chi connectivity index (χ1v) is 8.75. The van der Waals surface area contributed by atoms with E-state index in [-0.39, 0.29) is 16.3 Å². The largest absolute Gasteiger partial charge is 0.485 e. The SMILES string of the molecule is CCn1cc(C(=O)Nc2cc(Cl)c(Cl)c3c2OC(C)(C)C3)c(C(F)F)n1. The number of amides is 1. The number of carbonyl (C=O) groups excluding carboxylic acids is 1. The molecular formula is C17H17Cl2F2N3O2. The van der Waals surface area contributed by atoms with Gasteiger partial charge in [-0.05, 0) is 26.8 Å². The van der Waals surface area contributed by atoms with Crippen molar-refractivity contribution < 1.29 is 18.3 Å². The Morgan fingerprint density at radius 3 is 2.77 bits per heavy atom. The van der Waals surface area contributed by atoms with Gasteiger partial charge in [0.1, 0.15) is 17.0 Å². The zero-order valence-corrected chi connectivity index (χ0v) is 15.9. The van der Waals surface area contributed by atoms with Crippen LogP contribution < -0.4 is 10.1 Å². The number of ether oxygens (including phenoxy) is 1. The van der Waals surface area contributed by atoms with Crippen molar-refractivity contribution in [2.75, 3.05) is 5.32 Å². The number of aryl methyl sites for hydroxylation is 1. The number of nitrogens with one attached hydrogen (secondary N) is 1. The molecule has 1 aliphatic heterocycles.